The molecule has 4 rings (SSSR count). The van der Waals surface area contributed by atoms with E-state index in [4.69, 9.17) is 16.3 Å². The van der Waals surface area contributed by atoms with Crippen LogP contribution in [0.15, 0.2) is 66.9 Å². The summed E-state index contributed by atoms with van der Waals surface area (Å²) in [5.74, 6) is -1.33. The maximum absolute atomic E-state index is 13.7. The largest absolute Gasteiger partial charge is 0.489 e. The van der Waals surface area contributed by atoms with Crippen molar-refractivity contribution in [1.29, 1.82) is 0 Å². The summed E-state index contributed by atoms with van der Waals surface area (Å²) in [7, 11) is 0. The van der Waals surface area contributed by atoms with E-state index in [-0.39, 0.29) is 30.2 Å². The number of carbonyl (C=O) groups excluding carboxylic acids is 1. The zero-order valence-electron chi connectivity index (χ0n) is 18.6. The molecule has 1 N–H and O–H groups in total. The first-order valence-electron chi connectivity index (χ1n) is 11.3. The van der Waals surface area contributed by atoms with Gasteiger partial charge in [0.15, 0.2) is 11.6 Å². The summed E-state index contributed by atoms with van der Waals surface area (Å²) < 4.78 is 32.4. The predicted molar refractivity (Wildman–Crippen MR) is 127 cm³/mol. The average molecular weight is 486 g/mol. The van der Waals surface area contributed by atoms with Crippen molar-refractivity contribution in [2.75, 3.05) is 26.2 Å². The number of piperidine rings is 1. The molecule has 1 saturated heterocycles. The molecule has 1 aromatic heterocycles. The number of hydrogen-bond acceptors (Lipinski definition) is 4. The van der Waals surface area contributed by atoms with Gasteiger partial charge in [-0.3, -0.25) is 14.7 Å². The lowest BCUT2D eigenvalue weighted by Crippen LogP contribution is -2.43. The third-order valence-corrected chi connectivity index (χ3v) is 6.24. The topological polar surface area (TPSA) is 54.5 Å². The number of aromatic nitrogens is 1. The maximum Gasteiger partial charge on any atom is 0.224 e. The van der Waals surface area contributed by atoms with E-state index in [9.17, 15) is 13.6 Å². The van der Waals surface area contributed by atoms with Gasteiger partial charge >= 0.3 is 0 Å². The van der Waals surface area contributed by atoms with E-state index >= 15 is 0 Å². The Morgan fingerprint density at radius 3 is 2.59 bits per heavy atom. The molecule has 1 aliphatic rings. The van der Waals surface area contributed by atoms with E-state index in [1.165, 1.54) is 0 Å². The number of halogens is 3. The number of nitrogens with zero attached hydrogens (tertiary/aromatic N) is 2. The molecule has 1 aliphatic heterocycles. The molecule has 0 spiro atoms. The molecule has 2 aromatic carbocycles. The fourth-order valence-corrected chi connectivity index (χ4v) is 4.21. The minimum absolute atomic E-state index is 0.0108. The van der Waals surface area contributed by atoms with E-state index in [0.29, 0.717) is 24.4 Å². The molecule has 3 aromatic rings. The van der Waals surface area contributed by atoms with E-state index in [0.717, 1.165) is 42.5 Å². The molecule has 34 heavy (non-hydrogen) atoms. The Kier molecular flexibility index (Phi) is 8.08. The van der Waals surface area contributed by atoms with Gasteiger partial charge in [-0.1, -0.05) is 29.8 Å². The van der Waals surface area contributed by atoms with Crippen molar-refractivity contribution in [3.8, 4) is 5.75 Å². The van der Waals surface area contributed by atoms with Crippen LogP contribution in [0.4, 0.5) is 8.78 Å². The van der Waals surface area contributed by atoms with E-state index in [2.05, 4.69) is 15.2 Å². The van der Waals surface area contributed by atoms with Gasteiger partial charge in [0.2, 0.25) is 5.91 Å². The van der Waals surface area contributed by atoms with Gasteiger partial charge in [0.05, 0.1) is 11.7 Å². The van der Waals surface area contributed by atoms with Gasteiger partial charge < -0.3 is 10.1 Å². The second-order valence-corrected chi connectivity index (χ2v) is 8.72. The smallest absolute Gasteiger partial charge is 0.224 e. The van der Waals surface area contributed by atoms with Crippen LogP contribution in [0, 0.1) is 17.6 Å². The van der Waals surface area contributed by atoms with Crippen LogP contribution in [-0.4, -0.2) is 42.0 Å². The minimum Gasteiger partial charge on any atom is -0.489 e. The molecule has 2 heterocycles. The number of hydrogen-bond donors (Lipinski definition) is 1. The van der Waals surface area contributed by atoms with Gasteiger partial charge in [-0.25, -0.2) is 8.78 Å². The van der Waals surface area contributed by atoms with Gasteiger partial charge in [0.25, 0.3) is 0 Å². The summed E-state index contributed by atoms with van der Waals surface area (Å²) in [6.45, 7) is 2.27. The second kappa shape index (κ2) is 11.4. The summed E-state index contributed by atoms with van der Waals surface area (Å²) in [6.07, 6.45) is 3.12. The van der Waals surface area contributed by atoms with Crippen LogP contribution >= 0.6 is 11.6 Å². The van der Waals surface area contributed by atoms with Crippen molar-refractivity contribution < 1.29 is 18.3 Å². The van der Waals surface area contributed by atoms with Crippen LogP contribution in [0.3, 0.4) is 0 Å². The third kappa shape index (κ3) is 6.30. The summed E-state index contributed by atoms with van der Waals surface area (Å²) in [5.41, 5.74) is 1.67. The molecule has 178 valence electrons. The van der Waals surface area contributed by atoms with Gasteiger partial charge in [-0.15, -0.1) is 0 Å². The molecule has 0 unspecified atom stereocenters. The van der Waals surface area contributed by atoms with E-state index in [1.807, 2.05) is 30.3 Å². The normalized spacial score (nSPS) is 15.6. The molecule has 0 aliphatic carbocycles. The molecule has 0 saturated carbocycles. The maximum atomic E-state index is 13.7. The monoisotopic (exact) mass is 485 g/mol. The van der Waals surface area contributed by atoms with Crippen molar-refractivity contribution >= 4 is 17.5 Å². The van der Waals surface area contributed by atoms with Gasteiger partial charge in [-0.2, -0.15) is 0 Å². The SMILES string of the molecule is O=C(N[C@H](c1ccc(Cl)cc1)c1ccccn1)C1CCN(CCOc2cc(F)ccc2F)CC1. The van der Waals surface area contributed by atoms with Crippen molar-refractivity contribution in [1.82, 2.24) is 15.2 Å². The first kappa shape index (κ1) is 24.1. The fraction of sp³-hybridized carbons (Fsp3) is 0.308. The van der Waals surface area contributed by atoms with Gasteiger partial charge in [-0.05, 0) is 67.9 Å². The fourth-order valence-electron chi connectivity index (χ4n) is 4.08. The van der Waals surface area contributed by atoms with Crippen LogP contribution < -0.4 is 10.1 Å². The summed E-state index contributed by atoms with van der Waals surface area (Å²) in [4.78, 5) is 19.7. The Morgan fingerprint density at radius 1 is 1.12 bits per heavy atom. The number of pyridine rings is 1. The summed E-state index contributed by atoms with van der Waals surface area (Å²) in [6, 6.07) is 15.8. The van der Waals surface area contributed by atoms with E-state index in [1.54, 1.807) is 18.3 Å². The van der Waals surface area contributed by atoms with Crippen molar-refractivity contribution in [3.63, 3.8) is 0 Å². The quantitative estimate of drug-likeness (QED) is 0.487. The van der Waals surface area contributed by atoms with Crippen LogP contribution in [-0.2, 0) is 4.79 Å². The molecular weight excluding hydrogens is 460 g/mol. The average Bonchev–Trinajstić information content (AvgIpc) is 2.86. The lowest BCUT2D eigenvalue weighted by Gasteiger charge is -2.32. The highest BCUT2D eigenvalue weighted by Crippen LogP contribution is 2.25. The molecule has 1 fully saturated rings. The van der Waals surface area contributed by atoms with Crippen molar-refractivity contribution in [3.05, 3.63) is 94.8 Å². The van der Waals surface area contributed by atoms with Gasteiger partial charge in [0.1, 0.15) is 12.4 Å². The van der Waals surface area contributed by atoms with Gasteiger partial charge in [0, 0.05) is 29.7 Å². The number of amides is 1. The Bertz CT molecular complexity index is 1090. The van der Waals surface area contributed by atoms with Crippen molar-refractivity contribution in [2.45, 2.75) is 18.9 Å². The molecule has 5 nitrogen and oxygen atoms in total. The lowest BCUT2D eigenvalue weighted by atomic mass is 9.94. The summed E-state index contributed by atoms with van der Waals surface area (Å²) in [5, 5.41) is 3.80. The summed E-state index contributed by atoms with van der Waals surface area (Å²) >= 11 is 6.04. The first-order valence-corrected chi connectivity index (χ1v) is 11.6. The molecule has 1 atom stereocenters. The Balaban J connectivity index is 1.30. The third-order valence-electron chi connectivity index (χ3n) is 5.99. The number of likely N-dealkylation sites (tertiary alicyclic amines) is 1. The number of nitrogens with one attached hydrogen (secondary N) is 1. The zero-order valence-corrected chi connectivity index (χ0v) is 19.3. The molecule has 0 bridgehead atoms. The highest BCUT2D eigenvalue weighted by molar-refractivity contribution is 6.30. The standard InChI is InChI=1S/C26H26ClF2N3O2/c27-20-6-4-18(5-7-20)25(23-3-1-2-12-30-23)31-26(33)19-10-13-32(14-11-19)15-16-34-24-17-21(28)8-9-22(24)29/h1-9,12,17,19,25H,10-11,13-16H2,(H,31,33)/t25-/m1/s1. The highest BCUT2D eigenvalue weighted by atomic mass is 35.5. The predicted octanol–water partition coefficient (Wildman–Crippen LogP) is 5.01. The minimum atomic E-state index is -0.583. The van der Waals surface area contributed by atoms with Crippen LogP contribution in [0.5, 0.6) is 5.75 Å². The highest BCUT2D eigenvalue weighted by Gasteiger charge is 2.28. The first-order chi connectivity index (χ1) is 16.5. The number of rotatable bonds is 8. The van der Waals surface area contributed by atoms with Crippen LogP contribution in [0.25, 0.3) is 0 Å². The number of carbonyl (C=O) groups is 1. The molecular formula is C26H26ClF2N3O2. The second-order valence-electron chi connectivity index (χ2n) is 8.29. The molecule has 0 radical (unpaired) electrons. The number of ether oxygens (including phenoxy) is 1. The Morgan fingerprint density at radius 2 is 1.88 bits per heavy atom. The lowest BCUT2D eigenvalue weighted by molar-refractivity contribution is -0.127. The molecule has 8 heteroatoms. The number of benzene rings is 2. The van der Waals surface area contributed by atoms with Crippen LogP contribution in [0.1, 0.15) is 30.1 Å². The molecule has 1 amide bonds. The van der Waals surface area contributed by atoms with Crippen LogP contribution in [0.2, 0.25) is 5.02 Å². The Labute approximate surface area is 202 Å². The Hall–Kier alpha value is -3.03. The zero-order chi connectivity index (χ0) is 23.9. The van der Waals surface area contributed by atoms with Crippen molar-refractivity contribution in [2.24, 2.45) is 5.92 Å². The van der Waals surface area contributed by atoms with E-state index < -0.39 is 11.6 Å².